The van der Waals surface area contributed by atoms with E-state index in [1.54, 1.807) is 6.92 Å². The largest absolute Gasteiger partial charge is 0.573 e. The first-order valence-electron chi connectivity index (χ1n) is 6.58. The molecule has 6 nitrogen and oxygen atoms in total. The lowest BCUT2D eigenvalue weighted by Gasteiger charge is -2.14. The molecular weight excluding hydrogens is 321 g/mol. The summed E-state index contributed by atoms with van der Waals surface area (Å²) in [7, 11) is 0. The molecule has 9 heteroatoms. The van der Waals surface area contributed by atoms with E-state index in [2.05, 4.69) is 4.74 Å². The van der Waals surface area contributed by atoms with Crippen LogP contribution in [0.15, 0.2) is 18.2 Å². The minimum atomic E-state index is -4.97. The summed E-state index contributed by atoms with van der Waals surface area (Å²) in [4.78, 5) is 22.1. The van der Waals surface area contributed by atoms with Crippen LogP contribution in [-0.2, 0) is 20.7 Å². The van der Waals surface area contributed by atoms with Crippen molar-refractivity contribution in [1.29, 1.82) is 0 Å². The van der Waals surface area contributed by atoms with Crippen LogP contribution in [0.1, 0.15) is 30.6 Å². The Kier molecular flexibility index (Phi) is 6.38. The molecule has 1 aromatic carbocycles. The molecule has 0 aromatic heterocycles. The highest BCUT2D eigenvalue weighted by Crippen LogP contribution is 2.28. The van der Waals surface area contributed by atoms with E-state index in [-0.39, 0.29) is 30.6 Å². The predicted octanol–water partition coefficient (Wildman–Crippen LogP) is 2.20. The van der Waals surface area contributed by atoms with Gasteiger partial charge in [-0.25, -0.2) is 4.79 Å². The second-order valence-electron chi connectivity index (χ2n) is 4.50. The molecule has 0 spiro atoms. The minimum absolute atomic E-state index is 0.00717. The SMILES string of the molecule is CCOC(=O)CCc1cc(OC(F)(F)F)cc(C(O)C(=O)O)c1. The number of carboxylic acid groups (broad SMARTS) is 1. The van der Waals surface area contributed by atoms with E-state index in [1.807, 2.05) is 0 Å². The Morgan fingerprint density at radius 2 is 1.91 bits per heavy atom. The van der Waals surface area contributed by atoms with Gasteiger partial charge in [0.1, 0.15) is 5.75 Å². The number of esters is 1. The quantitative estimate of drug-likeness (QED) is 0.742. The Balaban J connectivity index is 3.03. The summed E-state index contributed by atoms with van der Waals surface area (Å²) in [6.07, 6.45) is -7.07. The molecule has 128 valence electrons. The molecule has 1 atom stereocenters. The number of benzene rings is 1. The van der Waals surface area contributed by atoms with Gasteiger partial charge in [-0.2, -0.15) is 0 Å². The number of aliphatic carboxylic acids is 1. The highest BCUT2D eigenvalue weighted by molar-refractivity contribution is 5.74. The normalized spacial score (nSPS) is 12.6. The summed E-state index contributed by atoms with van der Waals surface area (Å²) in [5.41, 5.74) is -0.0757. The Bertz CT molecular complexity index is 570. The van der Waals surface area contributed by atoms with Gasteiger partial charge in [0, 0.05) is 6.42 Å². The average molecular weight is 336 g/mol. The Hall–Kier alpha value is -2.29. The number of aryl methyl sites for hydroxylation is 1. The number of carbonyl (C=O) groups is 2. The summed E-state index contributed by atoms with van der Waals surface area (Å²) < 4.78 is 45.4. The zero-order valence-electron chi connectivity index (χ0n) is 12.1. The van der Waals surface area contributed by atoms with Crippen LogP contribution in [0, 0.1) is 0 Å². The van der Waals surface area contributed by atoms with Crippen LogP contribution in [-0.4, -0.2) is 35.1 Å². The van der Waals surface area contributed by atoms with Crippen LogP contribution in [0.3, 0.4) is 0 Å². The van der Waals surface area contributed by atoms with Crippen LogP contribution in [0.25, 0.3) is 0 Å². The minimum Gasteiger partial charge on any atom is -0.479 e. The van der Waals surface area contributed by atoms with Crippen molar-refractivity contribution in [1.82, 2.24) is 0 Å². The Morgan fingerprint density at radius 3 is 2.43 bits per heavy atom. The molecule has 1 unspecified atom stereocenters. The monoisotopic (exact) mass is 336 g/mol. The van der Waals surface area contributed by atoms with Gasteiger partial charge in [-0.1, -0.05) is 6.07 Å². The zero-order chi connectivity index (χ0) is 17.6. The van der Waals surface area contributed by atoms with Crippen molar-refractivity contribution in [3.05, 3.63) is 29.3 Å². The predicted molar refractivity (Wildman–Crippen MR) is 70.7 cm³/mol. The maximum atomic E-state index is 12.3. The van der Waals surface area contributed by atoms with E-state index in [0.717, 1.165) is 12.1 Å². The Morgan fingerprint density at radius 1 is 1.26 bits per heavy atom. The van der Waals surface area contributed by atoms with E-state index in [0.29, 0.717) is 0 Å². The van der Waals surface area contributed by atoms with Crippen molar-refractivity contribution in [2.75, 3.05) is 6.61 Å². The van der Waals surface area contributed by atoms with Gasteiger partial charge in [0.15, 0.2) is 6.10 Å². The van der Waals surface area contributed by atoms with Gasteiger partial charge in [0.25, 0.3) is 0 Å². The number of carbonyl (C=O) groups excluding carboxylic acids is 1. The number of hydrogen-bond acceptors (Lipinski definition) is 5. The maximum absolute atomic E-state index is 12.3. The summed E-state index contributed by atoms with van der Waals surface area (Å²) in [5.74, 6) is -2.84. The molecule has 1 rings (SSSR count). The fourth-order valence-corrected chi connectivity index (χ4v) is 1.80. The third-order valence-electron chi connectivity index (χ3n) is 2.69. The van der Waals surface area contributed by atoms with Gasteiger partial charge in [-0.3, -0.25) is 4.79 Å². The molecule has 2 N–H and O–H groups in total. The number of carboxylic acids is 1. The topological polar surface area (TPSA) is 93.1 Å². The van der Waals surface area contributed by atoms with Crippen molar-refractivity contribution in [3.8, 4) is 5.75 Å². The Labute approximate surface area is 129 Å². The second-order valence-corrected chi connectivity index (χ2v) is 4.50. The standard InChI is InChI=1S/C14H15F3O6/c1-2-22-11(18)4-3-8-5-9(12(19)13(20)21)7-10(6-8)23-14(15,16)17/h5-7,12,19H,2-4H2,1H3,(H,20,21). The molecule has 0 heterocycles. The third-order valence-corrected chi connectivity index (χ3v) is 2.69. The highest BCUT2D eigenvalue weighted by atomic mass is 19.4. The van der Waals surface area contributed by atoms with E-state index >= 15 is 0 Å². The molecule has 1 aromatic rings. The van der Waals surface area contributed by atoms with Crippen molar-refractivity contribution < 1.29 is 42.4 Å². The van der Waals surface area contributed by atoms with Crippen LogP contribution in [0.2, 0.25) is 0 Å². The van der Waals surface area contributed by atoms with E-state index in [4.69, 9.17) is 9.84 Å². The van der Waals surface area contributed by atoms with Gasteiger partial charge in [-0.15, -0.1) is 13.2 Å². The van der Waals surface area contributed by atoms with Crippen molar-refractivity contribution >= 4 is 11.9 Å². The van der Waals surface area contributed by atoms with Gasteiger partial charge in [0.05, 0.1) is 6.61 Å². The van der Waals surface area contributed by atoms with Crippen LogP contribution in [0.5, 0.6) is 5.75 Å². The van der Waals surface area contributed by atoms with Crippen molar-refractivity contribution in [2.45, 2.75) is 32.2 Å². The van der Waals surface area contributed by atoms with E-state index in [1.165, 1.54) is 6.07 Å². The van der Waals surface area contributed by atoms with Crippen LogP contribution in [0.4, 0.5) is 13.2 Å². The van der Waals surface area contributed by atoms with E-state index in [9.17, 15) is 27.9 Å². The first-order chi connectivity index (χ1) is 10.6. The highest BCUT2D eigenvalue weighted by Gasteiger charge is 2.31. The molecule has 0 aliphatic rings. The molecule has 23 heavy (non-hydrogen) atoms. The molecule has 0 bridgehead atoms. The number of aliphatic hydroxyl groups excluding tert-OH is 1. The van der Waals surface area contributed by atoms with Crippen LogP contribution < -0.4 is 4.74 Å². The number of ether oxygens (including phenoxy) is 2. The van der Waals surface area contributed by atoms with Crippen LogP contribution >= 0.6 is 0 Å². The summed E-state index contributed by atoms with van der Waals surface area (Å²) in [6.45, 7) is 1.77. The van der Waals surface area contributed by atoms with Gasteiger partial charge >= 0.3 is 18.3 Å². The fourth-order valence-electron chi connectivity index (χ4n) is 1.80. The summed E-state index contributed by atoms with van der Waals surface area (Å²) >= 11 is 0. The number of alkyl halides is 3. The van der Waals surface area contributed by atoms with Crippen molar-refractivity contribution in [2.24, 2.45) is 0 Å². The molecule has 0 radical (unpaired) electrons. The maximum Gasteiger partial charge on any atom is 0.573 e. The molecule has 0 aliphatic carbocycles. The van der Waals surface area contributed by atoms with Gasteiger partial charge < -0.3 is 19.7 Å². The number of hydrogen-bond donors (Lipinski definition) is 2. The molecule has 0 fully saturated rings. The fraction of sp³-hybridized carbons (Fsp3) is 0.429. The van der Waals surface area contributed by atoms with Crippen molar-refractivity contribution in [3.63, 3.8) is 0 Å². The lowest BCUT2D eigenvalue weighted by Crippen LogP contribution is -2.18. The second kappa shape index (κ2) is 7.82. The lowest BCUT2D eigenvalue weighted by atomic mass is 10.0. The molecule has 0 saturated heterocycles. The van der Waals surface area contributed by atoms with E-state index < -0.39 is 30.2 Å². The number of aliphatic hydroxyl groups is 1. The molecular formula is C14H15F3O6. The average Bonchev–Trinajstić information content (AvgIpc) is 2.42. The smallest absolute Gasteiger partial charge is 0.479 e. The zero-order valence-corrected chi connectivity index (χ0v) is 12.1. The molecule has 0 saturated carbocycles. The third kappa shape index (κ3) is 6.55. The molecule has 0 amide bonds. The summed E-state index contributed by atoms with van der Waals surface area (Å²) in [5, 5.41) is 18.2. The number of halogens is 3. The molecule has 0 aliphatic heterocycles. The van der Waals surface area contributed by atoms with Gasteiger partial charge in [0.2, 0.25) is 0 Å². The number of rotatable bonds is 7. The first kappa shape index (κ1) is 18.8. The first-order valence-corrected chi connectivity index (χ1v) is 6.58. The van der Waals surface area contributed by atoms with Gasteiger partial charge in [-0.05, 0) is 36.6 Å². The lowest BCUT2D eigenvalue weighted by molar-refractivity contribution is -0.274. The summed E-state index contributed by atoms with van der Waals surface area (Å²) in [6, 6.07) is 2.99.